The molecule has 8 nitrogen and oxygen atoms in total. The number of phosphoric acid groups is 2. The van der Waals surface area contributed by atoms with Gasteiger partial charge in [0.1, 0.15) is 11.5 Å². The van der Waals surface area contributed by atoms with Crippen LogP contribution < -0.4 is 9.05 Å². The Morgan fingerprint density at radius 1 is 0.655 bits per heavy atom. The van der Waals surface area contributed by atoms with Gasteiger partial charge in [-0.25, -0.2) is 9.13 Å². The summed E-state index contributed by atoms with van der Waals surface area (Å²) in [6, 6.07) is 13.0. The van der Waals surface area contributed by atoms with E-state index in [2.05, 4.69) is 9.05 Å². The Hall–Kier alpha value is -1.92. The number of hydrogen-bond donors (Lipinski definition) is 4. The average molecular weight is 440 g/mol. The van der Waals surface area contributed by atoms with Gasteiger partial charge in [0.05, 0.1) is 0 Å². The quantitative estimate of drug-likeness (QED) is 0.486. The summed E-state index contributed by atoms with van der Waals surface area (Å²) < 4.78 is 31.2. The lowest BCUT2D eigenvalue weighted by Gasteiger charge is -2.21. The van der Waals surface area contributed by atoms with Crippen LogP contribution in [0.25, 0.3) is 5.57 Å². The summed E-state index contributed by atoms with van der Waals surface area (Å²) in [6.07, 6.45) is 5.21. The number of phosphoric ester groups is 2. The second-order valence-electron chi connectivity index (χ2n) is 6.75. The van der Waals surface area contributed by atoms with Gasteiger partial charge in [0.15, 0.2) is 0 Å². The molecular formula is C19H22O8P2. The van der Waals surface area contributed by atoms with Crippen LogP contribution in [-0.2, 0) is 9.13 Å². The van der Waals surface area contributed by atoms with Crippen molar-refractivity contribution in [3.8, 4) is 11.5 Å². The lowest BCUT2D eigenvalue weighted by Crippen LogP contribution is -2.01. The van der Waals surface area contributed by atoms with Gasteiger partial charge < -0.3 is 9.05 Å². The number of hydrogen-bond acceptors (Lipinski definition) is 4. The van der Waals surface area contributed by atoms with Crippen LogP contribution in [-0.4, -0.2) is 19.6 Å². The standard InChI is InChI=1S/C19H22O8P2/c20-28(21,22)26-17-10-6-15(7-11-17)19(14-4-2-1-3-5-14)16-8-12-18(13-9-16)27-29(23,24)25/h6-13H,1-5H2,(H2,20,21,22)(H2,23,24,25). The van der Waals surface area contributed by atoms with Crippen molar-refractivity contribution in [2.45, 2.75) is 32.1 Å². The highest BCUT2D eigenvalue weighted by Crippen LogP contribution is 2.41. The van der Waals surface area contributed by atoms with Crippen molar-refractivity contribution in [3.05, 3.63) is 65.2 Å². The average Bonchev–Trinajstić information content (AvgIpc) is 2.63. The summed E-state index contributed by atoms with van der Waals surface area (Å²) >= 11 is 0. The summed E-state index contributed by atoms with van der Waals surface area (Å²) in [7, 11) is -9.25. The van der Waals surface area contributed by atoms with E-state index in [0.717, 1.165) is 42.4 Å². The van der Waals surface area contributed by atoms with E-state index >= 15 is 0 Å². The van der Waals surface area contributed by atoms with Crippen LogP contribution in [0.1, 0.15) is 43.2 Å². The topological polar surface area (TPSA) is 134 Å². The molecule has 156 valence electrons. The van der Waals surface area contributed by atoms with Crippen molar-refractivity contribution in [2.75, 3.05) is 0 Å². The lowest BCUT2D eigenvalue weighted by atomic mass is 9.85. The smallest absolute Gasteiger partial charge is 0.404 e. The van der Waals surface area contributed by atoms with E-state index in [1.807, 2.05) is 0 Å². The van der Waals surface area contributed by atoms with Crippen LogP contribution in [0.3, 0.4) is 0 Å². The fraction of sp³-hybridized carbons (Fsp3) is 0.263. The molecule has 0 aliphatic heterocycles. The van der Waals surface area contributed by atoms with Gasteiger partial charge in [-0.1, -0.05) is 36.3 Å². The molecule has 2 aromatic carbocycles. The molecule has 0 aromatic heterocycles. The van der Waals surface area contributed by atoms with Crippen LogP contribution in [0.2, 0.25) is 0 Å². The molecule has 0 spiro atoms. The van der Waals surface area contributed by atoms with Gasteiger partial charge in [-0.2, -0.15) is 0 Å². The highest BCUT2D eigenvalue weighted by Gasteiger charge is 2.19. The molecule has 0 saturated heterocycles. The first-order chi connectivity index (χ1) is 13.6. The van der Waals surface area contributed by atoms with Gasteiger partial charge in [0.2, 0.25) is 0 Å². The Labute approximate surface area is 168 Å². The minimum Gasteiger partial charge on any atom is -0.404 e. The normalized spacial score (nSPS) is 15.1. The van der Waals surface area contributed by atoms with Crippen molar-refractivity contribution in [1.29, 1.82) is 0 Å². The molecule has 1 aliphatic rings. The summed E-state index contributed by atoms with van der Waals surface area (Å²) in [5.74, 6) is 0.140. The fourth-order valence-corrected chi connectivity index (χ4v) is 4.24. The molecule has 3 rings (SSSR count). The third kappa shape index (κ3) is 6.54. The maximum absolute atomic E-state index is 11.0. The molecule has 2 aromatic rings. The molecule has 10 heteroatoms. The van der Waals surface area contributed by atoms with Gasteiger partial charge >= 0.3 is 15.6 Å². The Bertz CT molecular complexity index is 893. The highest BCUT2D eigenvalue weighted by molar-refractivity contribution is 7.47. The van der Waals surface area contributed by atoms with Crippen molar-refractivity contribution in [3.63, 3.8) is 0 Å². The number of rotatable bonds is 6. The van der Waals surface area contributed by atoms with E-state index < -0.39 is 15.6 Å². The number of allylic oxidation sites excluding steroid dienone is 1. The first-order valence-electron chi connectivity index (χ1n) is 9.04. The van der Waals surface area contributed by atoms with Gasteiger partial charge in [-0.3, -0.25) is 19.6 Å². The van der Waals surface area contributed by atoms with Crippen molar-refractivity contribution < 1.29 is 37.8 Å². The van der Waals surface area contributed by atoms with E-state index in [4.69, 9.17) is 19.6 Å². The summed E-state index contributed by atoms with van der Waals surface area (Å²) in [6.45, 7) is 0. The molecule has 1 fully saturated rings. The van der Waals surface area contributed by atoms with Crippen molar-refractivity contribution >= 4 is 21.2 Å². The second kappa shape index (κ2) is 8.84. The Morgan fingerprint density at radius 2 is 1.03 bits per heavy atom. The molecule has 1 aliphatic carbocycles. The van der Waals surface area contributed by atoms with Crippen LogP contribution >= 0.6 is 15.6 Å². The molecular weight excluding hydrogens is 418 g/mol. The van der Waals surface area contributed by atoms with Crippen LogP contribution in [0.15, 0.2) is 54.1 Å². The molecule has 0 bridgehead atoms. The fourth-order valence-electron chi connectivity index (χ4n) is 3.44. The Kier molecular flexibility index (Phi) is 6.64. The third-order valence-electron chi connectivity index (χ3n) is 4.55. The first kappa shape index (κ1) is 21.8. The second-order valence-corrected chi connectivity index (χ2v) is 9.08. The molecule has 0 unspecified atom stereocenters. The highest BCUT2D eigenvalue weighted by atomic mass is 31.2. The zero-order valence-corrected chi connectivity index (χ0v) is 17.3. The van der Waals surface area contributed by atoms with Gasteiger partial charge in [0.25, 0.3) is 0 Å². The Balaban J connectivity index is 1.96. The maximum atomic E-state index is 11.0. The molecule has 0 heterocycles. The van der Waals surface area contributed by atoms with Crippen LogP contribution in [0, 0.1) is 0 Å². The Morgan fingerprint density at radius 3 is 1.38 bits per heavy atom. The van der Waals surface area contributed by atoms with Gasteiger partial charge in [0, 0.05) is 0 Å². The van der Waals surface area contributed by atoms with E-state index in [-0.39, 0.29) is 11.5 Å². The van der Waals surface area contributed by atoms with Crippen LogP contribution in [0.4, 0.5) is 0 Å². The lowest BCUT2D eigenvalue weighted by molar-refractivity contribution is 0.281. The summed E-state index contributed by atoms with van der Waals surface area (Å²) in [5, 5.41) is 0. The minimum absolute atomic E-state index is 0.0699. The SMILES string of the molecule is O=P(O)(O)Oc1ccc(C(=C2CCCCC2)c2ccc(OP(=O)(O)O)cc2)cc1. The van der Waals surface area contributed by atoms with Crippen molar-refractivity contribution in [1.82, 2.24) is 0 Å². The minimum atomic E-state index is -4.62. The van der Waals surface area contributed by atoms with Crippen LogP contribution in [0.5, 0.6) is 11.5 Å². The molecule has 0 amide bonds. The maximum Gasteiger partial charge on any atom is 0.524 e. The molecule has 0 radical (unpaired) electrons. The zero-order chi connectivity index (χ0) is 21.1. The molecule has 29 heavy (non-hydrogen) atoms. The number of benzene rings is 2. The zero-order valence-electron chi connectivity index (χ0n) is 15.5. The largest absolute Gasteiger partial charge is 0.524 e. The summed E-state index contributed by atoms with van der Waals surface area (Å²) in [4.78, 5) is 35.8. The van der Waals surface area contributed by atoms with E-state index in [0.29, 0.717) is 0 Å². The predicted octanol–water partition coefficient (Wildman–Crippen LogP) is 4.40. The molecule has 4 N–H and O–H groups in total. The van der Waals surface area contributed by atoms with E-state index in [9.17, 15) is 9.13 Å². The predicted molar refractivity (Wildman–Crippen MR) is 107 cm³/mol. The van der Waals surface area contributed by atoms with Crippen molar-refractivity contribution in [2.24, 2.45) is 0 Å². The van der Waals surface area contributed by atoms with E-state index in [1.165, 1.54) is 36.3 Å². The molecule has 0 atom stereocenters. The summed E-state index contributed by atoms with van der Waals surface area (Å²) in [5.41, 5.74) is 3.99. The van der Waals surface area contributed by atoms with Gasteiger partial charge in [-0.05, 0) is 66.6 Å². The first-order valence-corrected chi connectivity index (χ1v) is 12.1. The monoisotopic (exact) mass is 440 g/mol. The third-order valence-corrected chi connectivity index (χ3v) is 5.44. The van der Waals surface area contributed by atoms with Gasteiger partial charge in [-0.15, -0.1) is 0 Å². The van der Waals surface area contributed by atoms with E-state index in [1.54, 1.807) is 24.3 Å². The molecule has 1 saturated carbocycles.